The maximum absolute atomic E-state index is 11.4. The van der Waals surface area contributed by atoms with Crippen molar-refractivity contribution in [3.8, 4) is 78.6 Å². The quantitative estimate of drug-likeness (QED) is 0.162. The summed E-state index contributed by atoms with van der Waals surface area (Å²) in [6.07, 6.45) is 1.40. The molecule has 5 heteroatoms. The monoisotopic (exact) mass is 986 g/mol. The van der Waals surface area contributed by atoms with Crippen LogP contribution in [-0.4, -0.2) is 19.6 Å². The maximum atomic E-state index is 11.4. The van der Waals surface area contributed by atoms with E-state index in [1.54, 1.807) is 12.1 Å². The number of imidazole rings is 1. The molecular weight excluding hydrogens is 926 g/mol. The van der Waals surface area contributed by atoms with Gasteiger partial charge in [0.15, 0.2) is 0 Å². The van der Waals surface area contributed by atoms with Crippen molar-refractivity contribution in [3.63, 3.8) is 0 Å². The van der Waals surface area contributed by atoms with Gasteiger partial charge in [-0.2, -0.15) is 0 Å². The van der Waals surface area contributed by atoms with E-state index in [-0.39, 0.29) is 43.4 Å². The fraction of sp³-hybridized carbons (Fsp3) is 0.143. The third kappa shape index (κ3) is 8.38. The summed E-state index contributed by atoms with van der Waals surface area (Å²) >= 11 is 0. The topological polar surface area (TPSA) is 50.9 Å². The second kappa shape index (κ2) is 16.6. The van der Waals surface area contributed by atoms with Crippen LogP contribution in [0.1, 0.15) is 70.3 Å². The van der Waals surface area contributed by atoms with Gasteiger partial charge in [0.1, 0.15) is 11.6 Å². The number of rotatable bonds is 7. The largest absolute Gasteiger partial charge is 0.507 e. The molecule has 9 rings (SSSR count). The van der Waals surface area contributed by atoms with Crippen LogP contribution in [-0.2, 0) is 31.9 Å². The Kier molecular flexibility index (Phi) is 7.68. The normalized spacial score (nSPS) is 15.4. The summed E-state index contributed by atoms with van der Waals surface area (Å²) in [7, 11) is 0. The van der Waals surface area contributed by atoms with Crippen molar-refractivity contribution >= 4 is 11.0 Å². The fourth-order valence-electron chi connectivity index (χ4n) is 7.42. The van der Waals surface area contributed by atoms with E-state index in [0.29, 0.717) is 39.3 Å². The summed E-state index contributed by atoms with van der Waals surface area (Å²) in [5.74, 6) is 0.545. The smallest absolute Gasteiger partial charge is 0.148 e. The molecule has 0 atom stereocenters. The van der Waals surface area contributed by atoms with E-state index in [2.05, 4.69) is 66.7 Å². The van der Waals surface area contributed by atoms with Crippen molar-refractivity contribution in [2.45, 2.75) is 52.2 Å². The Hall–Kier alpha value is -6.35. The van der Waals surface area contributed by atoms with Gasteiger partial charge in [0.05, 0.1) is 22.1 Å². The van der Waals surface area contributed by atoms with E-state index in [1.807, 2.05) is 91.0 Å². The number of fused-ring (bicyclic) bond motifs is 1. The molecule has 304 valence electrons. The summed E-state index contributed by atoms with van der Waals surface area (Å²) in [5, 5.41) is 11.4. The molecule has 2 heterocycles. The first-order valence-electron chi connectivity index (χ1n) is 26.1. The molecule has 1 N–H and O–H groups in total. The van der Waals surface area contributed by atoms with Crippen molar-refractivity contribution in [2.24, 2.45) is 0 Å². The van der Waals surface area contributed by atoms with Crippen LogP contribution >= 0.6 is 0 Å². The third-order valence-electron chi connectivity index (χ3n) is 10.6. The van der Waals surface area contributed by atoms with Gasteiger partial charge in [-0.25, -0.2) is 4.98 Å². The molecule has 7 aromatic carbocycles. The van der Waals surface area contributed by atoms with Crippen molar-refractivity contribution in [3.05, 3.63) is 193 Å². The van der Waals surface area contributed by atoms with Crippen molar-refractivity contribution in [1.82, 2.24) is 14.5 Å². The summed E-state index contributed by atoms with van der Waals surface area (Å²) in [6, 6.07) is 45.7. The molecule has 0 radical (unpaired) electrons. The summed E-state index contributed by atoms with van der Waals surface area (Å²) < 4.78 is 112. The molecular formula is C56H48N3OPt-. The number of aromatic nitrogens is 3. The number of hydrogen-bond donors (Lipinski definition) is 1. The predicted molar refractivity (Wildman–Crippen MR) is 249 cm³/mol. The molecule has 0 bridgehead atoms. The van der Waals surface area contributed by atoms with Gasteiger partial charge in [-0.1, -0.05) is 179 Å². The van der Waals surface area contributed by atoms with Crippen LogP contribution in [0.5, 0.6) is 5.75 Å². The van der Waals surface area contributed by atoms with Crippen LogP contribution in [0.15, 0.2) is 176 Å². The second-order valence-corrected chi connectivity index (χ2v) is 15.8. The number of aromatic hydroxyl groups is 1. The van der Waals surface area contributed by atoms with Gasteiger partial charge >= 0.3 is 0 Å². The van der Waals surface area contributed by atoms with Gasteiger partial charge in [-0.15, -0.1) is 23.8 Å². The number of hydrogen-bond acceptors (Lipinski definition) is 3. The molecule has 9 aromatic rings. The molecule has 0 aliphatic heterocycles. The van der Waals surface area contributed by atoms with Gasteiger partial charge in [-0.3, -0.25) is 9.55 Å². The van der Waals surface area contributed by atoms with Crippen LogP contribution < -0.4 is 0 Å². The Bertz CT molecular complexity index is 3520. The molecule has 2 aromatic heterocycles. The molecule has 0 aliphatic rings. The third-order valence-corrected chi connectivity index (χ3v) is 10.6. The van der Waals surface area contributed by atoms with Gasteiger partial charge < -0.3 is 5.11 Å². The zero-order valence-electron chi connectivity index (χ0n) is 46.5. The average molecular weight is 987 g/mol. The fourth-order valence-corrected chi connectivity index (χ4v) is 7.42. The summed E-state index contributed by atoms with van der Waals surface area (Å²) in [5.41, 5.74) is 4.03. The number of benzene rings is 7. The second-order valence-electron chi connectivity index (χ2n) is 15.8. The molecule has 61 heavy (non-hydrogen) atoms. The predicted octanol–water partition coefficient (Wildman–Crippen LogP) is 14.5. The van der Waals surface area contributed by atoms with Crippen molar-refractivity contribution < 1.29 is 44.0 Å². The van der Waals surface area contributed by atoms with E-state index in [0.717, 1.165) is 39.0 Å². The van der Waals surface area contributed by atoms with E-state index >= 15 is 0 Å². The first kappa shape index (κ1) is 28.2. The van der Waals surface area contributed by atoms with Gasteiger partial charge in [-0.05, 0) is 86.2 Å². The maximum Gasteiger partial charge on any atom is 0.148 e. The average Bonchev–Trinajstić information content (AvgIpc) is 3.73. The Balaban J connectivity index is 0.00000729. The minimum atomic E-state index is -3.81. The van der Waals surface area contributed by atoms with E-state index in [9.17, 15) is 5.11 Å². The number of nitrogens with zero attached hydrogens (tertiary/aromatic N) is 3. The van der Waals surface area contributed by atoms with E-state index in [4.69, 9.17) is 22.8 Å². The molecule has 0 saturated carbocycles. The SMILES string of the molecule is [2H]c1c([2H])c(C(C([2H])([2H])[2H])(C([2H])([2H])[2H])C([2H])([2H])[2H])c([2H])c([2H])c1-c1ccnc(-c2[c-]c(-c3cccc4c3nc(-c3ccccc3O)n4-c3cc(-c4ccccc4)cc(C(C)(C)C)c3)cc(-c3ccccc3)c2)c1.[Pt]. The molecule has 0 spiro atoms. The van der Waals surface area contributed by atoms with Crippen LogP contribution in [0.4, 0.5) is 0 Å². The van der Waals surface area contributed by atoms with Crippen molar-refractivity contribution in [2.75, 3.05) is 0 Å². The van der Waals surface area contributed by atoms with E-state index < -0.39 is 55.7 Å². The van der Waals surface area contributed by atoms with Crippen LogP contribution in [0.25, 0.3) is 83.9 Å². The minimum absolute atomic E-state index is 0. The summed E-state index contributed by atoms with van der Waals surface area (Å²) in [6.45, 7) is -4.95. The molecule has 0 unspecified atom stereocenters. The number of phenols is 1. The van der Waals surface area contributed by atoms with Crippen molar-refractivity contribution in [1.29, 1.82) is 0 Å². The number of phenolic OH excluding ortho intramolecular Hbond substituents is 1. The Labute approximate surface area is 392 Å². The van der Waals surface area contributed by atoms with Crippen LogP contribution in [0.3, 0.4) is 0 Å². The minimum Gasteiger partial charge on any atom is -0.507 e. The van der Waals surface area contributed by atoms with Gasteiger partial charge in [0.25, 0.3) is 0 Å². The standard InChI is InChI=1S/C56H48N3O.Pt/c1-55(2,3)45-26-24-39(25-27-45)40-28-29-57-50(35-40)44-31-41(37-16-9-7-10-17-37)30-43(32-44)48-21-15-22-51-53(48)58-54(49-20-13-14-23-52(49)60)59(51)47-34-42(38-18-11-8-12-19-38)33-46(36-47)56(4,5)6;/h7-31,33-36,60H,1-6H3;/q-1;/i1D3,2D3,3D3,24D,25D,26D,27D;. The molecule has 0 saturated heterocycles. The van der Waals surface area contributed by atoms with Crippen LogP contribution in [0.2, 0.25) is 0 Å². The molecule has 0 aliphatic carbocycles. The van der Waals surface area contributed by atoms with Crippen LogP contribution in [0, 0.1) is 6.07 Å². The number of para-hydroxylation sites is 2. The molecule has 0 amide bonds. The first-order chi connectivity index (χ1) is 34.3. The van der Waals surface area contributed by atoms with Gasteiger partial charge in [0, 0.05) is 51.0 Å². The Morgan fingerprint density at radius 1 is 0.574 bits per heavy atom. The summed E-state index contributed by atoms with van der Waals surface area (Å²) in [4.78, 5) is 10.0. The van der Waals surface area contributed by atoms with E-state index in [1.165, 1.54) is 18.3 Å². The molecule has 0 fully saturated rings. The zero-order valence-corrected chi connectivity index (χ0v) is 35.8. The number of pyridine rings is 1. The first-order valence-corrected chi connectivity index (χ1v) is 19.6. The van der Waals surface area contributed by atoms with Gasteiger partial charge in [0.2, 0.25) is 0 Å². The Morgan fingerprint density at radius 3 is 1.89 bits per heavy atom. The Morgan fingerprint density at radius 2 is 1.21 bits per heavy atom. The molecule has 4 nitrogen and oxygen atoms in total. The zero-order chi connectivity index (χ0) is 52.6.